The largest absolute Gasteiger partial charge is 0.493 e. The van der Waals surface area contributed by atoms with E-state index in [0.29, 0.717) is 24.8 Å². The van der Waals surface area contributed by atoms with E-state index in [1.807, 2.05) is 43.3 Å². The fourth-order valence-corrected chi connectivity index (χ4v) is 2.87. The molecule has 0 saturated heterocycles. The van der Waals surface area contributed by atoms with Gasteiger partial charge in [0.25, 0.3) is 0 Å². The van der Waals surface area contributed by atoms with E-state index in [2.05, 4.69) is 18.8 Å². The molecule has 0 aliphatic rings. The monoisotopic (exact) mass is 350 g/mol. The van der Waals surface area contributed by atoms with Gasteiger partial charge in [0, 0.05) is 17.5 Å². The maximum Gasteiger partial charge on any atom is 0.226 e. The van der Waals surface area contributed by atoms with Gasteiger partial charge in [0.2, 0.25) is 5.89 Å². The summed E-state index contributed by atoms with van der Waals surface area (Å²) in [5.41, 5.74) is 2.67. The molecule has 0 saturated carbocycles. The third kappa shape index (κ3) is 4.45. The van der Waals surface area contributed by atoms with E-state index in [9.17, 15) is 5.11 Å². The van der Waals surface area contributed by atoms with E-state index >= 15 is 0 Å². The van der Waals surface area contributed by atoms with Gasteiger partial charge < -0.3 is 9.15 Å². The van der Waals surface area contributed by atoms with Crippen LogP contribution in [0.2, 0.25) is 0 Å². The average Bonchev–Trinajstić information content (AvgIpc) is 2.99. The van der Waals surface area contributed by atoms with Crippen LogP contribution in [0.25, 0.3) is 11.5 Å². The number of hydrogen-bond donors (Lipinski definition) is 0. The predicted molar refractivity (Wildman–Crippen MR) is 101 cm³/mol. The number of ether oxygens (including phenoxy) is 1. The van der Waals surface area contributed by atoms with Crippen molar-refractivity contribution in [2.45, 2.75) is 33.6 Å². The minimum Gasteiger partial charge on any atom is -0.493 e. The molecule has 0 spiro atoms. The summed E-state index contributed by atoms with van der Waals surface area (Å²) >= 11 is 0. The molecule has 3 rings (SSSR count). The van der Waals surface area contributed by atoms with Gasteiger partial charge in [-0.2, -0.15) is 0 Å². The average molecular weight is 350 g/mol. The molecule has 0 fully saturated rings. The van der Waals surface area contributed by atoms with E-state index in [-0.39, 0.29) is 5.75 Å². The Morgan fingerprint density at radius 2 is 1.88 bits per heavy atom. The smallest absolute Gasteiger partial charge is 0.226 e. The van der Waals surface area contributed by atoms with Crippen LogP contribution in [-0.2, 0) is 17.9 Å². The van der Waals surface area contributed by atoms with Crippen LogP contribution in [0.1, 0.15) is 30.9 Å². The molecule has 0 atom stereocenters. The molecule has 4 heteroatoms. The first-order valence-corrected chi connectivity index (χ1v) is 8.97. The van der Waals surface area contributed by atoms with Crippen LogP contribution in [0.3, 0.4) is 0 Å². The zero-order chi connectivity index (χ0) is 18.5. The SMILES string of the molecule is Cc1oc(-c2ccccc2)nc1CCOc1ccc([O])c(CC(C)C)c1. The molecule has 135 valence electrons. The van der Waals surface area contributed by atoms with Crippen molar-refractivity contribution in [2.75, 3.05) is 6.61 Å². The molecule has 0 amide bonds. The van der Waals surface area contributed by atoms with E-state index in [4.69, 9.17) is 9.15 Å². The van der Waals surface area contributed by atoms with Crippen LogP contribution in [0, 0.1) is 12.8 Å². The second-order valence-corrected chi connectivity index (χ2v) is 6.85. The van der Waals surface area contributed by atoms with Gasteiger partial charge >= 0.3 is 0 Å². The number of nitrogens with zero attached hydrogens (tertiary/aromatic N) is 1. The van der Waals surface area contributed by atoms with Crippen molar-refractivity contribution in [1.82, 2.24) is 4.98 Å². The molecule has 0 unspecified atom stereocenters. The van der Waals surface area contributed by atoms with Gasteiger partial charge in [-0.15, -0.1) is 0 Å². The number of rotatable bonds is 7. The summed E-state index contributed by atoms with van der Waals surface area (Å²) in [7, 11) is 0. The lowest BCUT2D eigenvalue weighted by molar-refractivity contribution is 0.315. The molecule has 1 heterocycles. The first kappa shape index (κ1) is 18.1. The molecule has 3 aromatic rings. The molecular formula is C22H24NO3. The number of hydrogen-bond acceptors (Lipinski definition) is 3. The summed E-state index contributed by atoms with van der Waals surface area (Å²) in [6.45, 7) is 6.61. The Labute approximate surface area is 154 Å². The van der Waals surface area contributed by atoms with Crippen LogP contribution in [-0.4, -0.2) is 11.6 Å². The number of aryl methyl sites for hydroxylation is 1. The standard InChI is InChI=1S/C22H24NO3/c1-15(2)13-18-14-19(9-10-21(18)24)25-12-11-20-16(3)26-22(23-20)17-7-5-4-6-8-17/h4-10,14-15H,11-13H2,1-3H3. The van der Waals surface area contributed by atoms with Crippen molar-refractivity contribution in [3.63, 3.8) is 0 Å². The highest BCUT2D eigenvalue weighted by Gasteiger charge is 2.12. The second kappa shape index (κ2) is 8.09. The van der Waals surface area contributed by atoms with E-state index in [0.717, 1.165) is 34.8 Å². The molecule has 1 radical (unpaired) electrons. The minimum absolute atomic E-state index is 0.0749. The maximum atomic E-state index is 11.9. The molecule has 4 nitrogen and oxygen atoms in total. The predicted octanol–water partition coefficient (Wildman–Crippen LogP) is 5.61. The molecular weight excluding hydrogens is 326 g/mol. The van der Waals surface area contributed by atoms with Crippen molar-refractivity contribution >= 4 is 0 Å². The van der Waals surface area contributed by atoms with Gasteiger partial charge in [-0.3, -0.25) is 5.11 Å². The number of benzene rings is 2. The van der Waals surface area contributed by atoms with Crippen LogP contribution in [0.5, 0.6) is 11.5 Å². The Balaban J connectivity index is 1.63. The van der Waals surface area contributed by atoms with Crippen molar-refractivity contribution in [2.24, 2.45) is 5.92 Å². The normalized spacial score (nSPS) is 11.1. The quantitative estimate of drug-likeness (QED) is 0.556. The van der Waals surface area contributed by atoms with Crippen molar-refractivity contribution in [1.29, 1.82) is 0 Å². The lowest BCUT2D eigenvalue weighted by atomic mass is 10.0. The lowest BCUT2D eigenvalue weighted by Crippen LogP contribution is -2.03. The Kier molecular flexibility index (Phi) is 5.61. The van der Waals surface area contributed by atoms with Gasteiger partial charge in [-0.1, -0.05) is 32.0 Å². The zero-order valence-corrected chi connectivity index (χ0v) is 15.5. The molecule has 0 N–H and O–H groups in total. The molecule has 2 aromatic carbocycles. The van der Waals surface area contributed by atoms with Crippen molar-refractivity contribution in [3.05, 3.63) is 65.5 Å². The van der Waals surface area contributed by atoms with Gasteiger partial charge in [0.05, 0.1) is 12.3 Å². The van der Waals surface area contributed by atoms with Crippen LogP contribution >= 0.6 is 0 Å². The van der Waals surface area contributed by atoms with Gasteiger partial charge in [-0.25, -0.2) is 4.98 Å². The highest BCUT2D eigenvalue weighted by molar-refractivity contribution is 5.53. The highest BCUT2D eigenvalue weighted by atomic mass is 16.5. The Hall–Kier alpha value is -2.75. The minimum atomic E-state index is 0.0749. The molecule has 26 heavy (non-hydrogen) atoms. The van der Waals surface area contributed by atoms with E-state index in [1.54, 1.807) is 12.1 Å². The van der Waals surface area contributed by atoms with Crippen molar-refractivity contribution < 1.29 is 14.3 Å². The number of oxazole rings is 1. The topological polar surface area (TPSA) is 55.2 Å². The lowest BCUT2D eigenvalue weighted by Gasteiger charge is -2.10. The van der Waals surface area contributed by atoms with Gasteiger partial charge in [0.1, 0.15) is 11.5 Å². The third-order valence-corrected chi connectivity index (χ3v) is 4.18. The van der Waals surface area contributed by atoms with E-state index in [1.165, 1.54) is 0 Å². The number of aromatic nitrogens is 1. The zero-order valence-electron chi connectivity index (χ0n) is 15.5. The first-order chi connectivity index (χ1) is 12.5. The van der Waals surface area contributed by atoms with Gasteiger partial charge in [-0.05, 0) is 49.6 Å². The second-order valence-electron chi connectivity index (χ2n) is 6.85. The summed E-state index contributed by atoms with van der Waals surface area (Å²) in [4.78, 5) is 4.59. The van der Waals surface area contributed by atoms with E-state index < -0.39 is 0 Å². The first-order valence-electron chi connectivity index (χ1n) is 8.97. The fourth-order valence-electron chi connectivity index (χ4n) is 2.87. The maximum absolute atomic E-state index is 11.9. The fraction of sp³-hybridized carbons (Fsp3) is 0.318. The molecule has 0 aliphatic carbocycles. The van der Waals surface area contributed by atoms with Crippen LogP contribution < -0.4 is 4.74 Å². The molecule has 0 bridgehead atoms. The van der Waals surface area contributed by atoms with Gasteiger partial charge in [0.15, 0.2) is 5.75 Å². The Morgan fingerprint density at radius 3 is 2.62 bits per heavy atom. The summed E-state index contributed by atoms with van der Waals surface area (Å²) in [5.74, 6) is 2.68. The van der Waals surface area contributed by atoms with Crippen molar-refractivity contribution in [3.8, 4) is 23.0 Å². The summed E-state index contributed by atoms with van der Waals surface area (Å²) < 4.78 is 11.6. The molecule has 1 aromatic heterocycles. The third-order valence-electron chi connectivity index (χ3n) is 4.18. The Morgan fingerprint density at radius 1 is 1.12 bits per heavy atom. The van der Waals surface area contributed by atoms with Crippen LogP contribution in [0.15, 0.2) is 52.9 Å². The summed E-state index contributed by atoms with van der Waals surface area (Å²) in [6.07, 6.45) is 1.42. The highest BCUT2D eigenvalue weighted by Crippen LogP contribution is 2.26. The Bertz CT molecular complexity index is 853. The summed E-state index contributed by atoms with van der Waals surface area (Å²) in [5, 5.41) is 11.9. The molecule has 0 aliphatic heterocycles. The summed E-state index contributed by atoms with van der Waals surface area (Å²) in [6, 6.07) is 15.0. The van der Waals surface area contributed by atoms with Crippen LogP contribution in [0.4, 0.5) is 0 Å².